The quantitative estimate of drug-likeness (QED) is 0.692. The zero-order chi connectivity index (χ0) is 14.5. The summed E-state index contributed by atoms with van der Waals surface area (Å²) in [6.45, 7) is 2.26. The molecule has 1 heterocycles. The fourth-order valence-electron chi connectivity index (χ4n) is 2.31. The van der Waals surface area contributed by atoms with Gasteiger partial charge in [-0.25, -0.2) is 0 Å². The van der Waals surface area contributed by atoms with Gasteiger partial charge in [-0.05, 0) is 31.0 Å². The van der Waals surface area contributed by atoms with Crippen molar-refractivity contribution in [3.63, 3.8) is 0 Å². The normalized spacial score (nSPS) is 14.3. The minimum absolute atomic E-state index is 0.169. The Morgan fingerprint density at radius 3 is 2.55 bits per heavy atom. The largest absolute Gasteiger partial charge is 0.397 e. The number of primary amides is 1. The lowest BCUT2D eigenvalue weighted by Crippen LogP contribution is -2.29. The molecule has 2 rings (SSSR count). The van der Waals surface area contributed by atoms with Gasteiger partial charge in [0.25, 0.3) is 0 Å². The lowest BCUT2D eigenvalue weighted by molar-refractivity contribution is -0.129. The fraction of sp³-hybridized carbons (Fsp3) is 0.429. The molecule has 1 saturated heterocycles. The lowest BCUT2D eigenvalue weighted by atomic mass is 10.1. The Kier molecular flexibility index (Phi) is 4.45. The van der Waals surface area contributed by atoms with Gasteiger partial charge in [0.05, 0.1) is 11.4 Å². The average Bonchev–Trinajstić information content (AvgIpc) is 2.94. The van der Waals surface area contributed by atoms with E-state index in [1.54, 1.807) is 12.1 Å². The van der Waals surface area contributed by atoms with Gasteiger partial charge in [-0.2, -0.15) is 0 Å². The van der Waals surface area contributed by atoms with Crippen LogP contribution in [0.3, 0.4) is 0 Å². The van der Waals surface area contributed by atoms with E-state index in [-0.39, 0.29) is 5.91 Å². The van der Waals surface area contributed by atoms with Gasteiger partial charge in [0, 0.05) is 31.6 Å². The smallest absolute Gasteiger partial charge is 0.248 e. The van der Waals surface area contributed by atoms with E-state index >= 15 is 0 Å². The molecule has 5 N–H and O–H groups in total. The van der Waals surface area contributed by atoms with Crippen LogP contribution in [-0.4, -0.2) is 36.3 Å². The Hall–Kier alpha value is -2.24. The van der Waals surface area contributed by atoms with Gasteiger partial charge in [-0.1, -0.05) is 0 Å². The van der Waals surface area contributed by atoms with Crippen LogP contribution < -0.4 is 16.8 Å². The Morgan fingerprint density at radius 1 is 1.25 bits per heavy atom. The maximum atomic E-state index is 11.9. The lowest BCUT2D eigenvalue weighted by Gasteiger charge is -2.16. The molecule has 0 spiro atoms. The highest BCUT2D eigenvalue weighted by molar-refractivity contribution is 5.94. The molecule has 20 heavy (non-hydrogen) atoms. The van der Waals surface area contributed by atoms with Gasteiger partial charge in [-0.15, -0.1) is 0 Å². The highest BCUT2D eigenvalue weighted by atomic mass is 16.2. The van der Waals surface area contributed by atoms with Crippen LogP contribution in [0.4, 0.5) is 11.4 Å². The minimum atomic E-state index is -0.507. The Morgan fingerprint density at radius 2 is 1.95 bits per heavy atom. The average molecular weight is 276 g/mol. The highest BCUT2D eigenvalue weighted by Gasteiger charge is 2.17. The maximum absolute atomic E-state index is 11.9. The van der Waals surface area contributed by atoms with Crippen molar-refractivity contribution in [2.75, 3.05) is 30.7 Å². The molecule has 6 nitrogen and oxygen atoms in total. The van der Waals surface area contributed by atoms with Crippen molar-refractivity contribution >= 4 is 23.2 Å². The number of nitrogens with one attached hydrogen (secondary N) is 1. The van der Waals surface area contributed by atoms with Gasteiger partial charge in [0.2, 0.25) is 11.8 Å². The Balaban J connectivity index is 1.84. The molecule has 1 aliphatic heterocycles. The fourth-order valence-corrected chi connectivity index (χ4v) is 2.31. The SMILES string of the molecule is NC(=O)c1ccc(NCCC(=O)N2CCCC2)c(N)c1. The topological polar surface area (TPSA) is 101 Å². The molecule has 0 aromatic heterocycles. The number of anilines is 2. The number of carbonyl (C=O) groups is 2. The molecule has 0 atom stereocenters. The van der Waals surface area contributed by atoms with Gasteiger partial charge in [0.1, 0.15) is 0 Å². The van der Waals surface area contributed by atoms with Crippen molar-refractivity contribution in [1.82, 2.24) is 4.90 Å². The van der Waals surface area contributed by atoms with E-state index < -0.39 is 5.91 Å². The molecule has 1 aliphatic rings. The molecule has 1 fully saturated rings. The number of hydrogen-bond acceptors (Lipinski definition) is 4. The summed E-state index contributed by atoms with van der Waals surface area (Å²) in [5, 5.41) is 3.11. The third-order valence-electron chi connectivity index (χ3n) is 3.45. The van der Waals surface area contributed by atoms with Gasteiger partial charge < -0.3 is 21.7 Å². The first kappa shape index (κ1) is 14.2. The van der Waals surface area contributed by atoms with Crippen LogP contribution in [0, 0.1) is 0 Å². The zero-order valence-electron chi connectivity index (χ0n) is 11.4. The standard InChI is InChI=1S/C14H20N4O2/c15-11-9-10(14(16)20)3-4-12(11)17-6-5-13(19)18-7-1-2-8-18/h3-4,9,17H,1-2,5-8,15H2,(H2,16,20). The van der Waals surface area contributed by atoms with E-state index in [1.165, 1.54) is 6.07 Å². The summed E-state index contributed by atoms with van der Waals surface area (Å²) in [6.07, 6.45) is 2.64. The van der Waals surface area contributed by atoms with Crippen LogP contribution in [-0.2, 0) is 4.79 Å². The van der Waals surface area contributed by atoms with E-state index in [1.807, 2.05) is 4.90 Å². The molecule has 0 unspecified atom stereocenters. The van der Waals surface area contributed by atoms with Crippen molar-refractivity contribution in [2.45, 2.75) is 19.3 Å². The molecular weight excluding hydrogens is 256 g/mol. The number of benzene rings is 1. The van der Waals surface area contributed by atoms with Crippen molar-refractivity contribution in [3.8, 4) is 0 Å². The number of nitrogen functional groups attached to an aromatic ring is 1. The summed E-state index contributed by atoms with van der Waals surface area (Å²) in [5.41, 5.74) is 12.6. The zero-order valence-corrected chi connectivity index (χ0v) is 11.4. The van der Waals surface area contributed by atoms with Crippen LogP contribution in [0.25, 0.3) is 0 Å². The Bertz CT molecular complexity index is 510. The van der Waals surface area contributed by atoms with Crippen LogP contribution in [0.2, 0.25) is 0 Å². The molecule has 1 aromatic rings. The number of rotatable bonds is 5. The van der Waals surface area contributed by atoms with Crippen molar-refractivity contribution in [2.24, 2.45) is 5.73 Å². The van der Waals surface area contributed by atoms with Gasteiger partial charge in [-0.3, -0.25) is 9.59 Å². The molecule has 2 amide bonds. The number of nitrogens with two attached hydrogens (primary N) is 2. The minimum Gasteiger partial charge on any atom is -0.397 e. The number of hydrogen-bond donors (Lipinski definition) is 3. The Labute approximate surface area is 118 Å². The van der Waals surface area contributed by atoms with Crippen LogP contribution >= 0.6 is 0 Å². The number of nitrogens with zero attached hydrogens (tertiary/aromatic N) is 1. The maximum Gasteiger partial charge on any atom is 0.248 e. The molecule has 0 saturated carbocycles. The second-order valence-electron chi connectivity index (χ2n) is 4.93. The second-order valence-corrected chi connectivity index (χ2v) is 4.93. The summed E-state index contributed by atoms with van der Waals surface area (Å²) >= 11 is 0. The molecule has 0 aliphatic carbocycles. The van der Waals surface area contributed by atoms with Crippen molar-refractivity contribution in [1.29, 1.82) is 0 Å². The monoisotopic (exact) mass is 276 g/mol. The molecule has 0 bridgehead atoms. The summed E-state index contributed by atoms with van der Waals surface area (Å²) in [5.74, 6) is -0.338. The molecule has 1 aromatic carbocycles. The van der Waals surface area contributed by atoms with E-state index in [0.29, 0.717) is 29.9 Å². The molecule has 6 heteroatoms. The first-order valence-corrected chi connectivity index (χ1v) is 6.79. The third-order valence-corrected chi connectivity index (χ3v) is 3.45. The highest BCUT2D eigenvalue weighted by Crippen LogP contribution is 2.19. The number of likely N-dealkylation sites (tertiary alicyclic amines) is 1. The van der Waals surface area contributed by atoms with Gasteiger partial charge in [0.15, 0.2) is 0 Å². The number of amides is 2. The third kappa shape index (κ3) is 3.40. The summed E-state index contributed by atoms with van der Waals surface area (Å²) in [6, 6.07) is 4.85. The predicted molar refractivity (Wildman–Crippen MR) is 78.3 cm³/mol. The van der Waals surface area contributed by atoms with E-state index in [0.717, 1.165) is 25.9 Å². The molecular formula is C14H20N4O2. The first-order chi connectivity index (χ1) is 9.58. The van der Waals surface area contributed by atoms with Crippen LogP contribution in [0.5, 0.6) is 0 Å². The number of carbonyl (C=O) groups excluding carboxylic acids is 2. The molecule has 108 valence electrons. The van der Waals surface area contributed by atoms with E-state index in [2.05, 4.69) is 5.32 Å². The predicted octanol–water partition coefficient (Wildman–Crippen LogP) is 0.792. The van der Waals surface area contributed by atoms with Gasteiger partial charge >= 0.3 is 0 Å². The van der Waals surface area contributed by atoms with Crippen molar-refractivity contribution in [3.05, 3.63) is 23.8 Å². The van der Waals surface area contributed by atoms with Crippen molar-refractivity contribution < 1.29 is 9.59 Å². The van der Waals surface area contributed by atoms with Crippen LogP contribution in [0.15, 0.2) is 18.2 Å². The van der Waals surface area contributed by atoms with E-state index in [4.69, 9.17) is 11.5 Å². The second kappa shape index (κ2) is 6.27. The van der Waals surface area contributed by atoms with E-state index in [9.17, 15) is 9.59 Å². The summed E-state index contributed by atoms with van der Waals surface area (Å²) in [4.78, 5) is 24.8. The summed E-state index contributed by atoms with van der Waals surface area (Å²) < 4.78 is 0. The first-order valence-electron chi connectivity index (χ1n) is 6.79. The van der Waals surface area contributed by atoms with Crippen LogP contribution in [0.1, 0.15) is 29.6 Å². The summed E-state index contributed by atoms with van der Waals surface area (Å²) in [7, 11) is 0. The molecule has 0 radical (unpaired) electrons.